The number of benzene rings is 1. The van der Waals surface area contributed by atoms with Gasteiger partial charge in [0, 0.05) is 12.1 Å². The Morgan fingerprint density at radius 3 is 2.76 bits per heavy atom. The molecular weight excluding hydrogens is 266 g/mol. The predicted molar refractivity (Wildman–Crippen MR) is 84.4 cm³/mol. The highest BCUT2D eigenvalue weighted by Crippen LogP contribution is 2.23. The average molecular weight is 287 g/mol. The molecule has 1 heterocycles. The topological polar surface area (TPSA) is 70.1 Å². The maximum absolute atomic E-state index is 11.9. The Kier molecular flexibility index (Phi) is 4.62. The highest BCUT2D eigenvalue weighted by atomic mass is 16.5. The van der Waals surface area contributed by atoms with E-state index >= 15 is 0 Å². The number of ether oxygens (including phenoxy) is 1. The number of aryl methyl sites for hydroxylation is 1. The van der Waals surface area contributed by atoms with Crippen LogP contribution in [0.4, 0.5) is 5.69 Å². The van der Waals surface area contributed by atoms with Crippen LogP contribution in [0.3, 0.4) is 0 Å². The third-order valence-electron chi connectivity index (χ3n) is 2.94. The molecule has 0 aliphatic carbocycles. The van der Waals surface area contributed by atoms with Gasteiger partial charge in [0.15, 0.2) is 0 Å². The van der Waals surface area contributed by atoms with E-state index in [4.69, 9.17) is 10.5 Å². The van der Waals surface area contributed by atoms with Gasteiger partial charge in [-0.15, -0.1) is 0 Å². The van der Waals surface area contributed by atoms with Gasteiger partial charge in [0.1, 0.15) is 11.4 Å². The Balaban J connectivity index is 2.44. The lowest BCUT2D eigenvalue weighted by molar-refractivity contribution is 0.242. The van der Waals surface area contributed by atoms with Crippen molar-refractivity contribution in [2.24, 2.45) is 0 Å². The van der Waals surface area contributed by atoms with Gasteiger partial charge >= 0.3 is 0 Å². The number of rotatable bonds is 5. The number of nitrogens with two attached hydrogens (primary N) is 1. The summed E-state index contributed by atoms with van der Waals surface area (Å²) in [5, 5.41) is 4.38. The summed E-state index contributed by atoms with van der Waals surface area (Å²) in [5.41, 5.74) is 7.33. The molecule has 5 heteroatoms. The molecule has 0 aliphatic rings. The Morgan fingerprint density at radius 2 is 2.10 bits per heavy atom. The van der Waals surface area contributed by atoms with E-state index in [0.29, 0.717) is 12.2 Å². The molecule has 112 valence electrons. The molecule has 5 nitrogen and oxygen atoms in total. The second-order valence-electron chi connectivity index (χ2n) is 5.21. The SMILES string of the molecule is CCCn1nc(-c2cccc(OC(C)C)c2)cc(N)c1=O. The fourth-order valence-corrected chi connectivity index (χ4v) is 2.07. The van der Waals surface area contributed by atoms with Gasteiger partial charge in [0.2, 0.25) is 0 Å². The Hall–Kier alpha value is -2.30. The van der Waals surface area contributed by atoms with E-state index in [1.807, 2.05) is 45.0 Å². The molecule has 0 saturated carbocycles. The molecule has 1 aromatic heterocycles. The predicted octanol–water partition coefficient (Wildman–Crippen LogP) is 2.69. The lowest BCUT2D eigenvalue weighted by atomic mass is 10.1. The second kappa shape index (κ2) is 6.43. The van der Waals surface area contributed by atoms with Crippen LogP contribution in [0.25, 0.3) is 11.3 Å². The highest BCUT2D eigenvalue weighted by Gasteiger charge is 2.08. The number of nitrogen functional groups attached to an aromatic ring is 1. The van der Waals surface area contributed by atoms with E-state index in [1.54, 1.807) is 6.07 Å². The van der Waals surface area contributed by atoms with E-state index in [1.165, 1.54) is 4.68 Å². The molecule has 2 aromatic rings. The maximum Gasteiger partial charge on any atom is 0.289 e. The van der Waals surface area contributed by atoms with Crippen LogP contribution in [0, 0.1) is 0 Å². The van der Waals surface area contributed by atoms with E-state index < -0.39 is 0 Å². The molecule has 2 N–H and O–H groups in total. The normalized spacial score (nSPS) is 10.9. The summed E-state index contributed by atoms with van der Waals surface area (Å²) in [7, 11) is 0. The maximum atomic E-state index is 11.9. The van der Waals surface area contributed by atoms with Gasteiger partial charge in [-0.25, -0.2) is 4.68 Å². The monoisotopic (exact) mass is 287 g/mol. The number of hydrogen-bond donors (Lipinski definition) is 1. The molecule has 0 radical (unpaired) electrons. The molecule has 21 heavy (non-hydrogen) atoms. The molecule has 0 unspecified atom stereocenters. The van der Waals surface area contributed by atoms with Crippen molar-refractivity contribution in [3.63, 3.8) is 0 Å². The van der Waals surface area contributed by atoms with Gasteiger partial charge in [-0.3, -0.25) is 4.79 Å². The lowest BCUT2D eigenvalue weighted by Gasteiger charge is -2.12. The molecule has 0 amide bonds. The number of aromatic nitrogens is 2. The highest BCUT2D eigenvalue weighted by molar-refractivity contribution is 5.63. The smallest absolute Gasteiger partial charge is 0.289 e. The minimum Gasteiger partial charge on any atom is -0.491 e. The van der Waals surface area contributed by atoms with Crippen molar-refractivity contribution in [2.75, 3.05) is 5.73 Å². The van der Waals surface area contributed by atoms with Crippen LogP contribution in [0.15, 0.2) is 35.1 Å². The molecule has 0 aliphatic heterocycles. The van der Waals surface area contributed by atoms with Crippen LogP contribution in [-0.4, -0.2) is 15.9 Å². The van der Waals surface area contributed by atoms with Crippen LogP contribution >= 0.6 is 0 Å². The largest absolute Gasteiger partial charge is 0.491 e. The van der Waals surface area contributed by atoms with Crippen LogP contribution in [0.1, 0.15) is 27.2 Å². The van der Waals surface area contributed by atoms with Crippen LogP contribution in [0.5, 0.6) is 5.75 Å². The molecule has 0 bridgehead atoms. The molecule has 2 rings (SSSR count). The molecular formula is C16H21N3O2. The first-order valence-corrected chi connectivity index (χ1v) is 7.16. The first-order chi connectivity index (χ1) is 10.0. The first kappa shape index (κ1) is 15.1. The van der Waals surface area contributed by atoms with Crippen LogP contribution < -0.4 is 16.0 Å². The summed E-state index contributed by atoms with van der Waals surface area (Å²) < 4.78 is 7.10. The van der Waals surface area contributed by atoms with Gasteiger partial charge in [-0.05, 0) is 38.5 Å². The van der Waals surface area contributed by atoms with Gasteiger partial charge in [-0.2, -0.15) is 5.10 Å². The molecule has 1 aromatic carbocycles. The standard InChI is InChI=1S/C16H21N3O2/c1-4-8-19-16(20)14(17)10-15(18-19)12-6-5-7-13(9-12)21-11(2)3/h5-7,9-11H,4,8,17H2,1-3H3. The van der Waals surface area contributed by atoms with Crippen molar-refractivity contribution in [3.8, 4) is 17.0 Å². The minimum absolute atomic E-state index is 0.104. The zero-order valence-corrected chi connectivity index (χ0v) is 12.7. The molecule has 0 saturated heterocycles. The van der Waals surface area contributed by atoms with Gasteiger partial charge < -0.3 is 10.5 Å². The van der Waals surface area contributed by atoms with E-state index in [-0.39, 0.29) is 17.4 Å². The van der Waals surface area contributed by atoms with Crippen molar-refractivity contribution in [3.05, 3.63) is 40.7 Å². The van der Waals surface area contributed by atoms with Crippen LogP contribution in [-0.2, 0) is 6.54 Å². The summed E-state index contributed by atoms with van der Waals surface area (Å²) in [5.74, 6) is 0.774. The summed E-state index contributed by atoms with van der Waals surface area (Å²) in [4.78, 5) is 11.9. The average Bonchev–Trinajstić information content (AvgIpc) is 2.43. The van der Waals surface area contributed by atoms with Crippen molar-refractivity contribution in [2.45, 2.75) is 39.8 Å². The van der Waals surface area contributed by atoms with Gasteiger partial charge in [0.05, 0.1) is 11.8 Å². The van der Waals surface area contributed by atoms with Crippen molar-refractivity contribution in [1.29, 1.82) is 0 Å². The molecule has 0 spiro atoms. The Bertz CT molecular complexity index is 677. The Morgan fingerprint density at radius 1 is 1.33 bits per heavy atom. The first-order valence-electron chi connectivity index (χ1n) is 7.16. The van der Waals surface area contributed by atoms with Gasteiger partial charge in [0.25, 0.3) is 5.56 Å². The van der Waals surface area contributed by atoms with Crippen LogP contribution in [0.2, 0.25) is 0 Å². The van der Waals surface area contributed by atoms with E-state index in [9.17, 15) is 4.79 Å². The van der Waals surface area contributed by atoms with Gasteiger partial charge in [-0.1, -0.05) is 19.1 Å². The lowest BCUT2D eigenvalue weighted by Crippen LogP contribution is -2.25. The summed E-state index contributed by atoms with van der Waals surface area (Å²) in [6.07, 6.45) is 0.930. The second-order valence-corrected chi connectivity index (χ2v) is 5.21. The number of hydrogen-bond acceptors (Lipinski definition) is 4. The third-order valence-corrected chi connectivity index (χ3v) is 2.94. The van der Waals surface area contributed by atoms with E-state index in [0.717, 1.165) is 17.7 Å². The third kappa shape index (κ3) is 3.62. The zero-order valence-electron chi connectivity index (χ0n) is 12.7. The minimum atomic E-state index is -0.241. The zero-order chi connectivity index (χ0) is 15.4. The fourth-order valence-electron chi connectivity index (χ4n) is 2.07. The summed E-state index contributed by atoms with van der Waals surface area (Å²) in [6.45, 7) is 6.50. The van der Waals surface area contributed by atoms with Crippen molar-refractivity contribution < 1.29 is 4.74 Å². The number of anilines is 1. The quantitative estimate of drug-likeness (QED) is 0.918. The molecule has 0 atom stereocenters. The molecule has 0 fully saturated rings. The Labute approximate surface area is 124 Å². The summed E-state index contributed by atoms with van der Waals surface area (Å²) in [6, 6.07) is 9.25. The fraction of sp³-hybridized carbons (Fsp3) is 0.375. The number of nitrogens with zero attached hydrogens (tertiary/aromatic N) is 2. The van der Waals surface area contributed by atoms with Crippen molar-refractivity contribution in [1.82, 2.24) is 9.78 Å². The van der Waals surface area contributed by atoms with E-state index in [2.05, 4.69) is 5.10 Å². The summed E-state index contributed by atoms with van der Waals surface area (Å²) >= 11 is 0. The van der Waals surface area contributed by atoms with Crippen molar-refractivity contribution >= 4 is 5.69 Å².